The first-order chi connectivity index (χ1) is 6.23. The molecule has 0 aliphatic rings. The Morgan fingerprint density at radius 2 is 0.929 bits per heavy atom. The summed E-state index contributed by atoms with van der Waals surface area (Å²) in [6.45, 7) is 14.6. The zero-order chi connectivity index (χ0) is 11.0. The fraction of sp³-hybridized carbons (Fsp3) is 0.500. The van der Waals surface area contributed by atoms with Crippen molar-refractivity contribution in [2.45, 2.75) is 0 Å². The molecular weight excluding hydrogens is 206 g/mol. The van der Waals surface area contributed by atoms with Crippen molar-refractivity contribution in [2.75, 3.05) is 40.0 Å². The van der Waals surface area contributed by atoms with Crippen LogP contribution in [0.5, 0.6) is 0 Å². The third kappa shape index (κ3) is 2.78. The zero-order valence-electron chi connectivity index (χ0n) is 10.3. The van der Waals surface area contributed by atoms with E-state index in [0.717, 1.165) is 0 Å². The number of hydrogen-bond acceptors (Lipinski definition) is 0. The second kappa shape index (κ2) is 3.92. The Hall–Kier alpha value is 0.0800. The van der Waals surface area contributed by atoms with E-state index in [1.54, 1.807) is 10.6 Å². The van der Waals surface area contributed by atoms with Crippen LogP contribution in [0.3, 0.4) is 0 Å². The molecule has 0 saturated heterocycles. The molecule has 0 aliphatic carbocycles. The SMILES string of the molecule is C[PH](C)(C)c1ccccc1[PH](C)(C)C. The molecule has 0 aromatic heterocycles. The van der Waals surface area contributed by atoms with Crippen LogP contribution >= 0.6 is 14.5 Å². The summed E-state index contributed by atoms with van der Waals surface area (Å²) in [5.74, 6) is 0. The van der Waals surface area contributed by atoms with Crippen LogP contribution in [0.4, 0.5) is 0 Å². The first-order valence-corrected chi connectivity index (χ1v) is 12.3. The predicted octanol–water partition coefficient (Wildman–Crippen LogP) is 2.22. The fourth-order valence-electron chi connectivity index (χ4n) is 1.79. The molecule has 0 nitrogen and oxygen atoms in total. The molecule has 0 fully saturated rings. The van der Waals surface area contributed by atoms with Crippen LogP contribution in [0.25, 0.3) is 0 Å². The van der Waals surface area contributed by atoms with E-state index in [0.29, 0.717) is 0 Å². The minimum atomic E-state index is -1.15. The number of rotatable bonds is 2. The van der Waals surface area contributed by atoms with Gasteiger partial charge in [-0.15, -0.1) is 0 Å². The predicted molar refractivity (Wildman–Crippen MR) is 77.9 cm³/mol. The maximum absolute atomic E-state index is 2.44. The van der Waals surface area contributed by atoms with Gasteiger partial charge in [0, 0.05) is 0 Å². The Morgan fingerprint density at radius 1 is 0.643 bits per heavy atom. The Balaban J connectivity index is 3.31. The molecule has 1 rings (SSSR count). The quantitative estimate of drug-likeness (QED) is 0.683. The van der Waals surface area contributed by atoms with Crippen molar-refractivity contribution in [3.63, 3.8) is 0 Å². The van der Waals surface area contributed by atoms with E-state index in [2.05, 4.69) is 64.3 Å². The van der Waals surface area contributed by atoms with Crippen LogP contribution in [0, 0.1) is 0 Å². The average Bonchev–Trinajstić information content (AvgIpc) is 2.01. The summed E-state index contributed by atoms with van der Waals surface area (Å²) in [6.07, 6.45) is 0. The van der Waals surface area contributed by atoms with Crippen molar-refractivity contribution in [1.82, 2.24) is 0 Å². The van der Waals surface area contributed by atoms with Crippen molar-refractivity contribution in [1.29, 1.82) is 0 Å². The van der Waals surface area contributed by atoms with Crippen LogP contribution < -0.4 is 10.6 Å². The molecule has 0 unspecified atom stereocenters. The summed E-state index contributed by atoms with van der Waals surface area (Å²) in [7, 11) is -2.31. The van der Waals surface area contributed by atoms with E-state index in [1.807, 2.05) is 0 Å². The van der Waals surface area contributed by atoms with Gasteiger partial charge in [-0.05, 0) is 0 Å². The van der Waals surface area contributed by atoms with Crippen molar-refractivity contribution >= 4 is 25.1 Å². The first-order valence-electron chi connectivity index (χ1n) is 5.33. The van der Waals surface area contributed by atoms with Gasteiger partial charge in [-0.3, -0.25) is 0 Å². The molecule has 0 saturated carbocycles. The molecule has 1 aromatic carbocycles. The molecule has 0 spiro atoms. The molecule has 0 aliphatic heterocycles. The second-order valence-corrected chi connectivity index (χ2v) is 16.1. The topological polar surface area (TPSA) is 0 Å². The van der Waals surface area contributed by atoms with E-state index < -0.39 is 14.5 Å². The molecule has 2 heteroatoms. The van der Waals surface area contributed by atoms with Crippen LogP contribution in [-0.4, -0.2) is 40.0 Å². The van der Waals surface area contributed by atoms with E-state index >= 15 is 0 Å². The molecule has 0 heterocycles. The van der Waals surface area contributed by atoms with E-state index in [9.17, 15) is 0 Å². The molecule has 0 N–H and O–H groups in total. The minimum absolute atomic E-state index is 1.15. The van der Waals surface area contributed by atoms with Crippen molar-refractivity contribution in [3.05, 3.63) is 24.3 Å². The summed E-state index contributed by atoms with van der Waals surface area (Å²) in [5, 5.41) is 3.33. The van der Waals surface area contributed by atoms with Crippen molar-refractivity contribution < 1.29 is 0 Å². The monoisotopic (exact) mass is 230 g/mol. The van der Waals surface area contributed by atoms with E-state index in [4.69, 9.17) is 0 Å². The Labute approximate surface area is 89.8 Å². The van der Waals surface area contributed by atoms with Crippen LogP contribution in [0.2, 0.25) is 0 Å². The maximum atomic E-state index is 2.44. The summed E-state index contributed by atoms with van der Waals surface area (Å²) in [6, 6.07) is 9.08. The molecule has 1 aromatic rings. The normalized spacial score (nSPS) is 15.3. The van der Waals surface area contributed by atoms with Gasteiger partial charge in [0.25, 0.3) is 0 Å². The summed E-state index contributed by atoms with van der Waals surface area (Å²) in [5.41, 5.74) is 0. The summed E-state index contributed by atoms with van der Waals surface area (Å²) in [4.78, 5) is 0. The summed E-state index contributed by atoms with van der Waals surface area (Å²) < 4.78 is 0. The van der Waals surface area contributed by atoms with Gasteiger partial charge in [-0.1, -0.05) is 0 Å². The fourth-order valence-corrected chi connectivity index (χ4v) is 7.02. The molecule has 0 radical (unpaired) electrons. The van der Waals surface area contributed by atoms with Crippen LogP contribution in [-0.2, 0) is 0 Å². The van der Waals surface area contributed by atoms with Gasteiger partial charge in [0.15, 0.2) is 0 Å². The number of hydrogen-bond donors (Lipinski definition) is 0. The Kier molecular flexibility index (Phi) is 3.40. The zero-order valence-corrected chi connectivity index (χ0v) is 12.3. The third-order valence-electron chi connectivity index (χ3n) is 2.54. The Bertz CT molecular complexity index is 283. The standard InChI is InChI=1S/C12H24P2/c1-13(2,3)11-9-7-8-10-12(11)14(4,5)6/h7-10,13-14H,1-6H3. The molecule has 82 valence electrons. The van der Waals surface area contributed by atoms with Gasteiger partial charge < -0.3 is 0 Å². The van der Waals surface area contributed by atoms with Crippen molar-refractivity contribution in [3.8, 4) is 0 Å². The van der Waals surface area contributed by atoms with Crippen LogP contribution in [0.15, 0.2) is 24.3 Å². The Morgan fingerprint density at radius 3 is 1.14 bits per heavy atom. The molecule has 14 heavy (non-hydrogen) atoms. The number of benzene rings is 1. The summed E-state index contributed by atoms with van der Waals surface area (Å²) >= 11 is 0. The van der Waals surface area contributed by atoms with Gasteiger partial charge in [0.2, 0.25) is 0 Å². The van der Waals surface area contributed by atoms with Gasteiger partial charge >= 0.3 is 89.4 Å². The molecular formula is C12H24P2. The van der Waals surface area contributed by atoms with Gasteiger partial charge in [-0.25, -0.2) is 0 Å². The van der Waals surface area contributed by atoms with Crippen LogP contribution in [0.1, 0.15) is 0 Å². The van der Waals surface area contributed by atoms with E-state index in [1.165, 1.54) is 0 Å². The molecule has 0 atom stereocenters. The molecule has 0 amide bonds. The first kappa shape index (κ1) is 12.2. The van der Waals surface area contributed by atoms with Gasteiger partial charge in [-0.2, -0.15) is 0 Å². The average molecular weight is 230 g/mol. The van der Waals surface area contributed by atoms with Crippen molar-refractivity contribution in [2.24, 2.45) is 0 Å². The van der Waals surface area contributed by atoms with E-state index in [-0.39, 0.29) is 0 Å². The van der Waals surface area contributed by atoms with Gasteiger partial charge in [0.1, 0.15) is 0 Å². The third-order valence-corrected chi connectivity index (χ3v) is 6.90. The van der Waals surface area contributed by atoms with Gasteiger partial charge in [0.05, 0.1) is 0 Å². The second-order valence-electron chi connectivity index (χ2n) is 6.05. The molecule has 0 bridgehead atoms.